The van der Waals surface area contributed by atoms with Crippen LogP contribution in [-0.2, 0) is 14.8 Å². The highest BCUT2D eigenvalue weighted by Crippen LogP contribution is 2.31. The lowest BCUT2D eigenvalue weighted by molar-refractivity contribution is -0.121. The molecule has 5 nitrogen and oxygen atoms in total. The molecule has 0 bridgehead atoms. The molecule has 0 radical (unpaired) electrons. The minimum atomic E-state index is -3.71. The predicted molar refractivity (Wildman–Crippen MR) is 112 cm³/mol. The molecule has 0 atom stereocenters. The Labute approximate surface area is 176 Å². The minimum Gasteiger partial charge on any atom is -0.321 e. The van der Waals surface area contributed by atoms with Crippen molar-refractivity contribution in [3.8, 4) is 0 Å². The molecule has 1 heterocycles. The highest BCUT2D eigenvalue weighted by molar-refractivity contribution is 7.89. The second-order valence-electron chi connectivity index (χ2n) is 7.85. The number of halogens is 2. The molecule has 0 aliphatic carbocycles. The third-order valence-corrected chi connectivity index (χ3v) is 8.10. The molecular formula is C22H26F2N2O3S. The monoisotopic (exact) mass is 436 g/mol. The number of benzene rings is 2. The van der Waals surface area contributed by atoms with E-state index in [9.17, 15) is 22.0 Å². The lowest BCUT2D eigenvalue weighted by Crippen LogP contribution is -2.42. The van der Waals surface area contributed by atoms with Gasteiger partial charge in [0.15, 0.2) is 0 Å². The summed E-state index contributed by atoms with van der Waals surface area (Å²) >= 11 is 0. The van der Waals surface area contributed by atoms with Crippen molar-refractivity contribution in [1.82, 2.24) is 4.31 Å². The van der Waals surface area contributed by atoms with Crippen LogP contribution in [0.4, 0.5) is 14.5 Å². The standard InChI is InChI=1S/C22H26F2N2O3S/c1-13-12-14(2)16(4)21(15(13)3)30(28,29)26-10-8-17(9-11-26)22(27)25-20-18(23)6-5-7-19(20)24/h5-7,12,17H,8-11H2,1-4H3,(H,25,27). The van der Waals surface area contributed by atoms with Gasteiger partial charge in [0.1, 0.15) is 17.3 Å². The molecule has 162 valence electrons. The van der Waals surface area contributed by atoms with Crippen molar-refractivity contribution < 1.29 is 22.0 Å². The molecule has 2 aromatic rings. The van der Waals surface area contributed by atoms with Crippen LogP contribution in [0.5, 0.6) is 0 Å². The van der Waals surface area contributed by atoms with Gasteiger partial charge >= 0.3 is 0 Å². The average Bonchev–Trinajstić information content (AvgIpc) is 2.69. The number of nitrogens with one attached hydrogen (secondary N) is 1. The number of carbonyl (C=O) groups excluding carboxylic acids is 1. The van der Waals surface area contributed by atoms with E-state index < -0.39 is 39.2 Å². The number of hydrogen-bond acceptors (Lipinski definition) is 3. The van der Waals surface area contributed by atoms with E-state index in [1.165, 1.54) is 10.4 Å². The zero-order valence-corrected chi connectivity index (χ0v) is 18.4. The van der Waals surface area contributed by atoms with E-state index in [1.54, 1.807) is 13.8 Å². The van der Waals surface area contributed by atoms with Gasteiger partial charge in [0.05, 0.1) is 4.90 Å². The number of piperidine rings is 1. The van der Waals surface area contributed by atoms with E-state index in [2.05, 4.69) is 5.32 Å². The summed E-state index contributed by atoms with van der Waals surface area (Å²) in [7, 11) is -3.71. The Hall–Kier alpha value is -2.32. The molecule has 1 aliphatic heterocycles. The molecule has 1 saturated heterocycles. The highest BCUT2D eigenvalue weighted by atomic mass is 32.2. The zero-order chi connectivity index (χ0) is 22.2. The van der Waals surface area contributed by atoms with E-state index >= 15 is 0 Å². The van der Waals surface area contributed by atoms with E-state index in [1.807, 2.05) is 19.9 Å². The Morgan fingerprint density at radius 3 is 2.00 bits per heavy atom. The predicted octanol–water partition coefficient (Wildman–Crippen LogP) is 4.24. The van der Waals surface area contributed by atoms with Gasteiger partial charge in [-0.1, -0.05) is 12.1 Å². The number of carbonyl (C=O) groups is 1. The molecule has 8 heteroatoms. The van der Waals surface area contributed by atoms with Gasteiger partial charge in [0.2, 0.25) is 15.9 Å². The topological polar surface area (TPSA) is 66.5 Å². The highest BCUT2D eigenvalue weighted by Gasteiger charge is 2.34. The maximum Gasteiger partial charge on any atom is 0.243 e. The maximum atomic E-state index is 13.8. The molecule has 3 rings (SSSR count). The van der Waals surface area contributed by atoms with Gasteiger partial charge in [0, 0.05) is 19.0 Å². The van der Waals surface area contributed by atoms with Gasteiger partial charge in [0.25, 0.3) is 0 Å². The third-order valence-electron chi connectivity index (χ3n) is 5.93. The van der Waals surface area contributed by atoms with Crippen LogP contribution in [-0.4, -0.2) is 31.7 Å². The molecule has 1 amide bonds. The molecule has 0 unspecified atom stereocenters. The molecule has 1 aliphatic rings. The van der Waals surface area contributed by atoms with Crippen LogP contribution in [0.3, 0.4) is 0 Å². The van der Waals surface area contributed by atoms with Crippen molar-refractivity contribution in [2.24, 2.45) is 5.92 Å². The van der Waals surface area contributed by atoms with Crippen molar-refractivity contribution in [3.63, 3.8) is 0 Å². The van der Waals surface area contributed by atoms with E-state index in [0.717, 1.165) is 34.4 Å². The number of aryl methyl sites for hydroxylation is 2. The van der Waals surface area contributed by atoms with Crippen molar-refractivity contribution >= 4 is 21.6 Å². The number of rotatable bonds is 4. The van der Waals surface area contributed by atoms with Crippen molar-refractivity contribution in [1.29, 1.82) is 0 Å². The van der Waals surface area contributed by atoms with Crippen LogP contribution in [0.25, 0.3) is 0 Å². The van der Waals surface area contributed by atoms with E-state index in [0.29, 0.717) is 4.90 Å². The first-order chi connectivity index (χ1) is 14.0. The number of para-hydroxylation sites is 1. The SMILES string of the molecule is Cc1cc(C)c(C)c(S(=O)(=O)N2CCC(C(=O)Nc3c(F)cccc3F)CC2)c1C. The summed E-state index contributed by atoms with van der Waals surface area (Å²) in [6.45, 7) is 7.73. The molecule has 2 aromatic carbocycles. The van der Waals surface area contributed by atoms with Gasteiger partial charge in [-0.3, -0.25) is 4.79 Å². The van der Waals surface area contributed by atoms with Crippen LogP contribution in [0.15, 0.2) is 29.2 Å². The Bertz CT molecular complexity index is 1050. The Morgan fingerprint density at radius 1 is 1.00 bits per heavy atom. The smallest absolute Gasteiger partial charge is 0.243 e. The zero-order valence-electron chi connectivity index (χ0n) is 17.6. The molecule has 0 spiro atoms. The Balaban J connectivity index is 1.75. The first-order valence-corrected chi connectivity index (χ1v) is 11.3. The summed E-state index contributed by atoms with van der Waals surface area (Å²) in [6.07, 6.45) is 0.564. The first-order valence-electron chi connectivity index (χ1n) is 9.86. The summed E-state index contributed by atoms with van der Waals surface area (Å²) in [5.74, 6) is -2.71. The number of anilines is 1. The fraction of sp³-hybridized carbons (Fsp3) is 0.409. The van der Waals surface area contributed by atoms with Gasteiger partial charge in [-0.05, 0) is 74.9 Å². The molecule has 1 fully saturated rings. The van der Waals surface area contributed by atoms with Gasteiger partial charge in [-0.25, -0.2) is 17.2 Å². The maximum absolute atomic E-state index is 13.8. The summed E-state index contributed by atoms with van der Waals surface area (Å²) < 4.78 is 55.6. The fourth-order valence-corrected chi connectivity index (χ4v) is 5.94. The average molecular weight is 437 g/mol. The number of hydrogen-bond donors (Lipinski definition) is 1. The van der Waals surface area contributed by atoms with E-state index in [4.69, 9.17) is 0 Å². The second-order valence-corrected chi connectivity index (χ2v) is 9.73. The van der Waals surface area contributed by atoms with Crippen LogP contribution >= 0.6 is 0 Å². The number of nitrogens with zero attached hydrogens (tertiary/aromatic N) is 1. The Kier molecular flexibility index (Phi) is 6.29. The van der Waals surface area contributed by atoms with Crippen LogP contribution in [0.1, 0.15) is 35.1 Å². The normalized spacial score (nSPS) is 15.9. The largest absolute Gasteiger partial charge is 0.321 e. The fourth-order valence-electron chi connectivity index (χ4n) is 3.90. The van der Waals surface area contributed by atoms with Gasteiger partial charge in [-0.2, -0.15) is 4.31 Å². The lowest BCUT2D eigenvalue weighted by Gasteiger charge is -2.31. The molecule has 30 heavy (non-hydrogen) atoms. The number of amides is 1. The van der Waals surface area contributed by atoms with Crippen LogP contribution < -0.4 is 5.32 Å². The van der Waals surface area contributed by atoms with E-state index in [-0.39, 0.29) is 25.9 Å². The van der Waals surface area contributed by atoms with Crippen molar-refractivity contribution in [3.05, 3.63) is 58.2 Å². The molecule has 1 N–H and O–H groups in total. The van der Waals surface area contributed by atoms with Gasteiger partial charge < -0.3 is 5.32 Å². The van der Waals surface area contributed by atoms with Crippen LogP contribution in [0, 0.1) is 45.2 Å². The summed E-state index contributed by atoms with van der Waals surface area (Å²) in [6, 6.07) is 5.34. The minimum absolute atomic E-state index is 0.173. The summed E-state index contributed by atoms with van der Waals surface area (Å²) in [4.78, 5) is 12.8. The quantitative estimate of drug-likeness (QED) is 0.780. The lowest BCUT2D eigenvalue weighted by atomic mass is 9.97. The molecular weight excluding hydrogens is 410 g/mol. The first kappa shape index (κ1) is 22.4. The molecule has 0 saturated carbocycles. The van der Waals surface area contributed by atoms with Crippen molar-refractivity contribution in [2.75, 3.05) is 18.4 Å². The molecule has 0 aromatic heterocycles. The third kappa shape index (κ3) is 4.11. The Morgan fingerprint density at radius 2 is 1.50 bits per heavy atom. The van der Waals surface area contributed by atoms with Gasteiger partial charge in [-0.15, -0.1) is 0 Å². The van der Waals surface area contributed by atoms with Crippen LogP contribution in [0.2, 0.25) is 0 Å². The summed E-state index contributed by atoms with van der Waals surface area (Å²) in [5.41, 5.74) is 2.82. The second kappa shape index (κ2) is 8.43. The van der Waals surface area contributed by atoms with Crippen molar-refractivity contribution in [2.45, 2.75) is 45.4 Å². The summed E-state index contributed by atoms with van der Waals surface area (Å²) in [5, 5.41) is 2.31. The number of sulfonamides is 1.